The molecular formula is C22H32I3N3O11. The van der Waals surface area contributed by atoms with Crippen LogP contribution in [0.1, 0.15) is 46.4 Å². The Morgan fingerprint density at radius 3 is 1.46 bits per heavy atom. The van der Waals surface area contributed by atoms with E-state index in [1.807, 2.05) is 0 Å². The molecule has 222 valence electrons. The summed E-state index contributed by atoms with van der Waals surface area (Å²) in [5.41, 5.74) is -0.473. The fourth-order valence-electron chi connectivity index (χ4n) is 3.38. The summed E-state index contributed by atoms with van der Waals surface area (Å²) in [4.78, 5) is 39.3. The molecule has 1 aromatic rings. The minimum absolute atomic E-state index is 0.0465. The maximum atomic E-state index is 13.4. The smallest absolute Gasteiger partial charge is 0.253 e. The Labute approximate surface area is 265 Å². The van der Waals surface area contributed by atoms with E-state index >= 15 is 0 Å². The van der Waals surface area contributed by atoms with Gasteiger partial charge in [-0.1, -0.05) is 0 Å². The quantitative estimate of drug-likeness (QED) is 0.0530. The van der Waals surface area contributed by atoms with E-state index in [2.05, 4.69) is 10.6 Å². The van der Waals surface area contributed by atoms with Gasteiger partial charge < -0.3 is 46.4 Å². The highest BCUT2D eigenvalue weighted by molar-refractivity contribution is 14.1. The van der Waals surface area contributed by atoms with Crippen molar-refractivity contribution in [3.8, 4) is 0 Å². The van der Waals surface area contributed by atoms with Crippen LogP contribution in [-0.2, 0) is 4.79 Å². The summed E-state index contributed by atoms with van der Waals surface area (Å²) in [5, 5.41) is 82.1. The van der Waals surface area contributed by atoms with Crippen molar-refractivity contribution in [2.75, 3.05) is 38.1 Å². The van der Waals surface area contributed by atoms with Crippen LogP contribution in [0.3, 0.4) is 0 Å². The van der Waals surface area contributed by atoms with Gasteiger partial charge >= 0.3 is 0 Å². The van der Waals surface area contributed by atoms with Gasteiger partial charge in [-0.2, -0.15) is 5.06 Å². The van der Waals surface area contributed by atoms with Gasteiger partial charge in [0.05, 0.1) is 69.0 Å². The van der Waals surface area contributed by atoms with Crippen LogP contribution in [0.15, 0.2) is 0 Å². The average Bonchev–Trinajstić information content (AvgIpc) is 2.90. The number of aliphatic hydroxyl groups is 7. The fraction of sp³-hybridized carbons (Fsp3) is 0.591. The van der Waals surface area contributed by atoms with E-state index in [0.29, 0.717) is 0 Å². The van der Waals surface area contributed by atoms with E-state index in [0.717, 1.165) is 0 Å². The van der Waals surface area contributed by atoms with Crippen molar-refractivity contribution in [3.05, 3.63) is 21.8 Å². The number of hydroxylamine groups is 1. The number of nitrogens with zero attached hydrogens (tertiary/aromatic N) is 1. The zero-order chi connectivity index (χ0) is 29.9. The van der Waals surface area contributed by atoms with Crippen molar-refractivity contribution >= 4 is 91.2 Å². The summed E-state index contributed by atoms with van der Waals surface area (Å²) in [6.07, 6.45) is -3.02. The molecule has 4 atom stereocenters. The Morgan fingerprint density at radius 2 is 1.13 bits per heavy atom. The van der Waals surface area contributed by atoms with Crippen LogP contribution in [0.5, 0.6) is 0 Å². The monoisotopic (exact) mass is 895 g/mol. The maximum Gasteiger partial charge on any atom is 0.253 e. The molecule has 0 fully saturated rings. The Kier molecular flexibility index (Phi) is 17.0. The molecule has 3 amide bonds. The molecule has 14 nitrogen and oxygen atoms in total. The van der Waals surface area contributed by atoms with Gasteiger partial charge in [0.25, 0.3) is 17.7 Å². The fourth-order valence-corrected chi connectivity index (χ4v) is 7.98. The molecule has 0 heterocycles. The lowest BCUT2D eigenvalue weighted by atomic mass is 10.0. The zero-order valence-corrected chi connectivity index (χ0v) is 27.0. The summed E-state index contributed by atoms with van der Waals surface area (Å²) in [5.74, 6) is -2.45. The van der Waals surface area contributed by atoms with E-state index in [1.54, 1.807) is 67.8 Å². The van der Waals surface area contributed by atoms with E-state index in [-0.39, 0.29) is 64.9 Å². The molecule has 17 heteroatoms. The highest BCUT2D eigenvalue weighted by Gasteiger charge is 2.33. The zero-order valence-electron chi connectivity index (χ0n) is 20.6. The molecular weight excluding hydrogens is 863 g/mol. The molecule has 10 N–H and O–H groups in total. The second kappa shape index (κ2) is 18.1. The first-order chi connectivity index (χ1) is 18.4. The van der Waals surface area contributed by atoms with Crippen molar-refractivity contribution in [2.45, 2.75) is 50.0 Å². The van der Waals surface area contributed by atoms with Crippen molar-refractivity contribution in [2.24, 2.45) is 0 Å². The van der Waals surface area contributed by atoms with Crippen LogP contribution in [0, 0.1) is 10.7 Å². The van der Waals surface area contributed by atoms with E-state index < -0.39 is 68.4 Å². The predicted octanol–water partition coefficient (Wildman–Crippen LogP) is -1.34. The molecule has 1 aromatic carbocycles. The van der Waals surface area contributed by atoms with Crippen molar-refractivity contribution in [3.63, 3.8) is 0 Å². The predicted molar refractivity (Wildman–Crippen MR) is 162 cm³/mol. The van der Waals surface area contributed by atoms with Gasteiger partial charge in [0, 0.05) is 16.6 Å². The van der Waals surface area contributed by atoms with Crippen molar-refractivity contribution in [1.82, 2.24) is 10.6 Å². The van der Waals surface area contributed by atoms with Gasteiger partial charge in [-0.05, 0) is 87.0 Å². The summed E-state index contributed by atoms with van der Waals surface area (Å²) >= 11 is 5.18. The van der Waals surface area contributed by atoms with Crippen LogP contribution in [0.25, 0.3) is 0 Å². The normalized spacial score (nSPS) is 14.3. The van der Waals surface area contributed by atoms with Crippen LogP contribution < -0.4 is 15.7 Å². The van der Waals surface area contributed by atoms with Gasteiger partial charge in [0.1, 0.15) is 5.69 Å². The number of aliphatic hydroxyl groups excluding tert-OH is 7. The van der Waals surface area contributed by atoms with Crippen LogP contribution in [0.4, 0.5) is 5.69 Å². The number of carbonyl (C=O) groups excluding carboxylic acids is 3. The first-order valence-corrected chi connectivity index (χ1v) is 14.9. The SMILES string of the molecule is O=C(NC(CO)CC(O)CO)c1c(I)c(C(=O)NC(CO)CC(O)CO)c(I)c(N(O)C(=O)CCCO)c1I. The molecule has 0 aliphatic rings. The standard InChI is InChI=1S/C22H32I3N3O11/c23-17-15(21(37)26-10(6-30)4-12(34)8-32)18(24)20(28(39)14(36)2-1-3-29)19(25)16(17)22(38)27-11(7-31)5-13(35)9-33/h10-13,29-35,39H,1-9H2,(H,26,37)(H,27,38). The number of anilines is 1. The number of hydrogen-bond donors (Lipinski definition) is 10. The molecule has 0 radical (unpaired) electrons. The van der Waals surface area contributed by atoms with E-state index in [1.165, 1.54) is 0 Å². The largest absolute Gasteiger partial charge is 0.396 e. The minimum Gasteiger partial charge on any atom is -0.396 e. The Balaban J connectivity index is 3.68. The highest BCUT2D eigenvalue weighted by atomic mass is 127. The lowest BCUT2D eigenvalue weighted by Crippen LogP contribution is -2.43. The molecule has 0 aliphatic heterocycles. The average molecular weight is 895 g/mol. The van der Waals surface area contributed by atoms with E-state index in [9.17, 15) is 40.0 Å². The third kappa shape index (κ3) is 10.4. The number of benzene rings is 1. The second-order valence-electron chi connectivity index (χ2n) is 8.42. The number of hydrogen-bond acceptors (Lipinski definition) is 11. The van der Waals surface area contributed by atoms with Crippen molar-refractivity contribution < 1.29 is 55.3 Å². The summed E-state index contributed by atoms with van der Waals surface area (Å²) in [6.45, 7) is -2.70. The highest BCUT2D eigenvalue weighted by Crippen LogP contribution is 2.38. The minimum atomic E-state index is -1.23. The summed E-state index contributed by atoms with van der Waals surface area (Å²) < 4.78 is 0.239. The molecule has 0 aliphatic carbocycles. The molecule has 0 aromatic heterocycles. The number of halogens is 3. The molecule has 0 saturated carbocycles. The maximum absolute atomic E-state index is 13.4. The van der Waals surface area contributed by atoms with Gasteiger partial charge in [0.15, 0.2) is 0 Å². The third-order valence-corrected chi connectivity index (χ3v) is 8.57. The number of rotatable bonds is 16. The Hall–Kier alpha value is -0.500. The molecule has 39 heavy (non-hydrogen) atoms. The Bertz CT molecular complexity index is 941. The second-order valence-corrected chi connectivity index (χ2v) is 11.7. The third-order valence-electron chi connectivity index (χ3n) is 5.39. The van der Waals surface area contributed by atoms with Crippen LogP contribution in [-0.4, -0.2) is 116 Å². The molecule has 0 bridgehead atoms. The Morgan fingerprint density at radius 1 is 0.718 bits per heavy atom. The lowest BCUT2D eigenvalue weighted by molar-refractivity contribution is -0.123. The van der Waals surface area contributed by atoms with Gasteiger partial charge in [-0.3, -0.25) is 19.6 Å². The molecule has 1 rings (SSSR count). The summed E-state index contributed by atoms with van der Waals surface area (Å²) in [7, 11) is 0. The number of carbonyl (C=O) groups is 3. The summed E-state index contributed by atoms with van der Waals surface area (Å²) in [6, 6.07) is -1.97. The topological polar surface area (TPSA) is 240 Å². The van der Waals surface area contributed by atoms with Gasteiger partial charge in [-0.25, -0.2) is 0 Å². The van der Waals surface area contributed by atoms with E-state index in [4.69, 9.17) is 15.3 Å². The van der Waals surface area contributed by atoms with Crippen molar-refractivity contribution in [1.29, 1.82) is 0 Å². The number of nitrogens with one attached hydrogen (secondary N) is 2. The molecule has 0 spiro atoms. The molecule has 0 saturated heterocycles. The molecule has 4 unspecified atom stereocenters. The van der Waals surface area contributed by atoms with Crippen LogP contribution >= 0.6 is 67.8 Å². The van der Waals surface area contributed by atoms with Gasteiger partial charge in [-0.15, -0.1) is 0 Å². The first-order valence-electron chi connectivity index (χ1n) is 11.6. The first kappa shape index (κ1) is 36.5. The van der Waals surface area contributed by atoms with Gasteiger partial charge in [0.2, 0.25) is 0 Å². The number of amides is 3. The lowest BCUT2D eigenvalue weighted by Gasteiger charge is -2.26. The van der Waals surface area contributed by atoms with Crippen LogP contribution in [0.2, 0.25) is 0 Å².